The molecule has 1 heterocycles. The number of aromatic nitrogens is 1. The lowest BCUT2D eigenvalue weighted by Gasteiger charge is -2.18. The van der Waals surface area contributed by atoms with Gasteiger partial charge >= 0.3 is 4.87 Å². The van der Waals surface area contributed by atoms with E-state index in [9.17, 15) is 14.4 Å². The minimum atomic E-state index is -0.166. The van der Waals surface area contributed by atoms with Gasteiger partial charge in [0.15, 0.2) is 0 Å². The average molecular weight is 361 g/mol. The van der Waals surface area contributed by atoms with Crippen molar-refractivity contribution in [3.63, 3.8) is 0 Å². The van der Waals surface area contributed by atoms with E-state index >= 15 is 0 Å². The van der Waals surface area contributed by atoms with Gasteiger partial charge in [0.05, 0.1) is 0 Å². The SMILES string of the molecule is CCN(CC)C(=O)c1ccc(NC(=O)CCn2c(C)csc2=O)cc1. The molecule has 1 N–H and O–H groups in total. The van der Waals surface area contributed by atoms with Crippen LogP contribution in [0.5, 0.6) is 0 Å². The first-order valence-corrected chi connectivity index (χ1v) is 9.18. The van der Waals surface area contributed by atoms with Crippen molar-refractivity contribution in [3.05, 3.63) is 50.6 Å². The number of amides is 2. The van der Waals surface area contributed by atoms with Gasteiger partial charge in [0, 0.05) is 48.4 Å². The molecule has 0 saturated heterocycles. The van der Waals surface area contributed by atoms with Gasteiger partial charge in [-0.1, -0.05) is 11.3 Å². The highest BCUT2D eigenvalue weighted by atomic mass is 32.1. The van der Waals surface area contributed by atoms with Crippen molar-refractivity contribution in [1.82, 2.24) is 9.47 Å². The maximum absolute atomic E-state index is 12.2. The Morgan fingerprint density at radius 3 is 2.32 bits per heavy atom. The van der Waals surface area contributed by atoms with E-state index in [2.05, 4.69) is 5.32 Å². The largest absolute Gasteiger partial charge is 0.339 e. The van der Waals surface area contributed by atoms with Gasteiger partial charge in [-0.2, -0.15) is 0 Å². The molecule has 0 unspecified atom stereocenters. The van der Waals surface area contributed by atoms with Gasteiger partial charge in [-0.05, 0) is 45.0 Å². The lowest BCUT2D eigenvalue weighted by molar-refractivity contribution is -0.116. The van der Waals surface area contributed by atoms with Crippen LogP contribution in [0.3, 0.4) is 0 Å². The van der Waals surface area contributed by atoms with Gasteiger partial charge in [-0.3, -0.25) is 14.4 Å². The molecule has 2 rings (SSSR count). The van der Waals surface area contributed by atoms with Crippen molar-refractivity contribution in [1.29, 1.82) is 0 Å². The Balaban J connectivity index is 1.93. The average Bonchev–Trinajstić information content (AvgIpc) is 2.93. The Bertz CT molecular complexity index is 789. The molecule has 6 nitrogen and oxygen atoms in total. The molecule has 0 fully saturated rings. The fourth-order valence-corrected chi connectivity index (χ4v) is 3.26. The summed E-state index contributed by atoms with van der Waals surface area (Å²) in [5.74, 6) is -0.185. The highest BCUT2D eigenvalue weighted by molar-refractivity contribution is 7.07. The predicted octanol–water partition coefficient (Wildman–Crippen LogP) is 2.73. The third-order valence-electron chi connectivity index (χ3n) is 4.01. The Morgan fingerprint density at radius 1 is 1.16 bits per heavy atom. The molecular weight excluding hydrogens is 338 g/mol. The van der Waals surface area contributed by atoms with E-state index in [1.54, 1.807) is 39.1 Å². The number of hydrogen-bond donors (Lipinski definition) is 1. The number of carbonyl (C=O) groups excluding carboxylic acids is 2. The van der Waals surface area contributed by atoms with Crippen LogP contribution in [0.2, 0.25) is 0 Å². The van der Waals surface area contributed by atoms with E-state index in [0.29, 0.717) is 30.9 Å². The van der Waals surface area contributed by atoms with Crippen LogP contribution in [0.15, 0.2) is 34.4 Å². The molecule has 0 bridgehead atoms. The summed E-state index contributed by atoms with van der Waals surface area (Å²) in [5.41, 5.74) is 2.10. The van der Waals surface area contributed by atoms with Crippen molar-refractivity contribution in [3.8, 4) is 0 Å². The van der Waals surface area contributed by atoms with Crippen molar-refractivity contribution in [2.24, 2.45) is 0 Å². The van der Waals surface area contributed by atoms with E-state index in [1.807, 2.05) is 20.8 Å². The summed E-state index contributed by atoms with van der Waals surface area (Å²) in [6, 6.07) is 6.86. The molecule has 0 saturated carbocycles. The molecule has 0 atom stereocenters. The first-order chi connectivity index (χ1) is 12.0. The van der Waals surface area contributed by atoms with Crippen molar-refractivity contribution in [2.45, 2.75) is 33.7 Å². The van der Waals surface area contributed by atoms with Crippen LogP contribution in [0, 0.1) is 6.92 Å². The first kappa shape index (κ1) is 18.9. The molecule has 1 aromatic carbocycles. The monoisotopic (exact) mass is 361 g/mol. The Morgan fingerprint density at radius 2 is 1.80 bits per heavy atom. The van der Waals surface area contributed by atoms with Gasteiger partial charge in [0.2, 0.25) is 5.91 Å². The van der Waals surface area contributed by atoms with Crippen LogP contribution in [0.1, 0.15) is 36.3 Å². The number of nitrogens with zero attached hydrogens (tertiary/aromatic N) is 2. The third kappa shape index (κ3) is 4.79. The second-order valence-electron chi connectivity index (χ2n) is 5.65. The van der Waals surface area contributed by atoms with Crippen LogP contribution in [-0.2, 0) is 11.3 Å². The standard InChI is InChI=1S/C18H23N3O3S/c1-4-20(5-2)17(23)14-6-8-15(9-7-14)19-16(22)10-11-21-13(3)12-25-18(21)24/h6-9,12H,4-5,10-11H2,1-3H3,(H,19,22). The third-order valence-corrected chi connectivity index (χ3v) is 4.89. The van der Waals surface area contributed by atoms with E-state index in [4.69, 9.17) is 0 Å². The van der Waals surface area contributed by atoms with Crippen LogP contribution < -0.4 is 10.2 Å². The fourth-order valence-electron chi connectivity index (χ4n) is 2.50. The Labute approximate surface area is 151 Å². The van der Waals surface area contributed by atoms with Gasteiger partial charge in [0.25, 0.3) is 5.91 Å². The number of aryl methyl sites for hydroxylation is 1. The number of thiazole rings is 1. The fraction of sp³-hybridized carbons (Fsp3) is 0.389. The Hall–Kier alpha value is -2.41. The zero-order valence-corrected chi connectivity index (χ0v) is 15.6. The molecule has 0 aliphatic rings. The summed E-state index contributed by atoms with van der Waals surface area (Å²) in [7, 11) is 0. The molecule has 7 heteroatoms. The maximum atomic E-state index is 12.2. The van der Waals surface area contributed by atoms with E-state index in [0.717, 1.165) is 17.0 Å². The number of nitrogens with one attached hydrogen (secondary N) is 1. The first-order valence-electron chi connectivity index (χ1n) is 8.30. The van der Waals surface area contributed by atoms with Gasteiger partial charge < -0.3 is 14.8 Å². The lowest BCUT2D eigenvalue weighted by atomic mass is 10.1. The van der Waals surface area contributed by atoms with Gasteiger partial charge in [-0.25, -0.2) is 0 Å². The molecule has 0 spiro atoms. The lowest BCUT2D eigenvalue weighted by Crippen LogP contribution is -2.30. The highest BCUT2D eigenvalue weighted by Crippen LogP contribution is 2.12. The zero-order chi connectivity index (χ0) is 18.4. The summed E-state index contributed by atoms with van der Waals surface area (Å²) < 4.78 is 1.59. The number of hydrogen-bond acceptors (Lipinski definition) is 4. The van der Waals surface area contributed by atoms with Crippen LogP contribution in [0.4, 0.5) is 5.69 Å². The molecule has 0 aliphatic heterocycles. The zero-order valence-electron chi connectivity index (χ0n) is 14.7. The predicted molar refractivity (Wildman–Crippen MR) is 100 cm³/mol. The van der Waals surface area contributed by atoms with Gasteiger partial charge in [-0.15, -0.1) is 0 Å². The highest BCUT2D eigenvalue weighted by Gasteiger charge is 2.12. The number of benzene rings is 1. The molecule has 0 radical (unpaired) electrons. The molecule has 2 amide bonds. The number of anilines is 1. The minimum Gasteiger partial charge on any atom is -0.339 e. The second-order valence-corrected chi connectivity index (χ2v) is 6.47. The quantitative estimate of drug-likeness (QED) is 0.824. The number of rotatable bonds is 7. The summed E-state index contributed by atoms with van der Waals surface area (Å²) in [4.78, 5) is 37.6. The van der Waals surface area contributed by atoms with Crippen molar-refractivity contribution in [2.75, 3.05) is 18.4 Å². The molecule has 134 valence electrons. The molecular formula is C18H23N3O3S. The maximum Gasteiger partial charge on any atom is 0.307 e. The summed E-state index contributed by atoms with van der Waals surface area (Å²) >= 11 is 1.14. The molecule has 0 aliphatic carbocycles. The minimum absolute atomic E-state index is 0.0183. The molecule has 25 heavy (non-hydrogen) atoms. The van der Waals surface area contributed by atoms with E-state index < -0.39 is 0 Å². The van der Waals surface area contributed by atoms with Crippen LogP contribution in [-0.4, -0.2) is 34.4 Å². The van der Waals surface area contributed by atoms with Gasteiger partial charge in [0.1, 0.15) is 0 Å². The van der Waals surface area contributed by atoms with Crippen molar-refractivity contribution < 1.29 is 9.59 Å². The van der Waals surface area contributed by atoms with Crippen LogP contribution >= 0.6 is 11.3 Å². The van der Waals surface area contributed by atoms with Crippen LogP contribution in [0.25, 0.3) is 0 Å². The number of carbonyl (C=O) groups is 2. The summed E-state index contributed by atoms with van der Waals surface area (Å²) in [6.45, 7) is 7.41. The summed E-state index contributed by atoms with van der Waals surface area (Å²) in [5, 5.41) is 4.57. The topological polar surface area (TPSA) is 71.4 Å². The molecule has 1 aromatic heterocycles. The van der Waals surface area contributed by atoms with E-state index in [1.165, 1.54) is 0 Å². The van der Waals surface area contributed by atoms with E-state index in [-0.39, 0.29) is 23.1 Å². The Kier molecular flexibility index (Phi) is 6.52. The van der Waals surface area contributed by atoms with Crippen molar-refractivity contribution >= 4 is 28.8 Å². The molecule has 2 aromatic rings. The summed E-state index contributed by atoms with van der Waals surface area (Å²) in [6.07, 6.45) is 0.220. The second kappa shape index (κ2) is 8.62. The smallest absolute Gasteiger partial charge is 0.307 e. The normalized spacial score (nSPS) is 10.5.